The molecule has 0 amide bonds. The van der Waals surface area contributed by atoms with Crippen LogP contribution in [0.15, 0.2) is 0 Å². The van der Waals surface area contributed by atoms with Crippen molar-refractivity contribution in [3.8, 4) is 0 Å². The number of hydrogen-bond acceptors (Lipinski definition) is 0. The fourth-order valence-electron chi connectivity index (χ4n) is 1.80. The van der Waals surface area contributed by atoms with Crippen LogP contribution in [0.3, 0.4) is 0 Å². The molecule has 0 nitrogen and oxygen atoms in total. The molecule has 0 heteroatoms. The highest BCUT2D eigenvalue weighted by molar-refractivity contribution is 4.68. The van der Waals surface area contributed by atoms with Gasteiger partial charge in [-0.15, -0.1) is 0 Å². The Labute approximate surface area is 85.1 Å². The molecule has 0 saturated heterocycles. The fourth-order valence-corrected chi connectivity index (χ4v) is 1.80. The summed E-state index contributed by atoms with van der Waals surface area (Å²) in [7, 11) is 0. The summed E-state index contributed by atoms with van der Waals surface area (Å²) in [6.07, 6.45) is 5.53. The smallest absolute Gasteiger partial charge is 0.0383 e. The molecule has 0 bridgehead atoms. The second-order valence-corrected chi connectivity index (χ2v) is 5.89. The maximum absolute atomic E-state index is 2.36. The van der Waals surface area contributed by atoms with E-state index in [-0.39, 0.29) is 0 Å². The minimum Gasteiger partial charge on any atom is -0.0654 e. The molecule has 13 heavy (non-hydrogen) atoms. The van der Waals surface area contributed by atoms with Gasteiger partial charge in [0, 0.05) is 0 Å². The van der Waals surface area contributed by atoms with Gasteiger partial charge < -0.3 is 0 Å². The molecular weight excluding hydrogens is 156 g/mol. The van der Waals surface area contributed by atoms with Crippen molar-refractivity contribution in [1.29, 1.82) is 0 Å². The number of hydrogen-bond donors (Lipinski definition) is 0. The van der Waals surface area contributed by atoms with Gasteiger partial charge in [-0.05, 0) is 30.1 Å². The lowest BCUT2D eigenvalue weighted by Gasteiger charge is -2.25. The van der Waals surface area contributed by atoms with Gasteiger partial charge >= 0.3 is 0 Å². The molecule has 0 fully saturated rings. The monoisotopic (exact) mass is 184 g/mol. The van der Waals surface area contributed by atoms with Gasteiger partial charge in [0.2, 0.25) is 0 Å². The zero-order valence-electron chi connectivity index (χ0n) is 10.5. The standard InChI is InChI=1S/C13H28/c1-7-8-12(11(2)3)9-10-13(4,5)6/h11-12H,7-10H2,1-6H3. The fraction of sp³-hybridized carbons (Fsp3) is 1.00. The van der Waals surface area contributed by atoms with E-state index in [4.69, 9.17) is 0 Å². The lowest BCUT2D eigenvalue weighted by Crippen LogP contribution is -2.13. The summed E-state index contributed by atoms with van der Waals surface area (Å²) in [5, 5.41) is 0. The van der Waals surface area contributed by atoms with Crippen molar-refractivity contribution in [3.63, 3.8) is 0 Å². The van der Waals surface area contributed by atoms with Crippen molar-refractivity contribution in [2.75, 3.05) is 0 Å². The molecule has 0 aromatic heterocycles. The molecule has 1 atom stereocenters. The van der Waals surface area contributed by atoms with Crippen LogP contribution in [0.5, 0.6) is 0 Å². The summed E-state index contributed by atoms with van der Waals surface area (Å²) >= 11 is 0. The lowest BCUT2D eigenvalue weighted by molar-refractivity contribution is 0.266. The summed E-state index contributed by atoms with van der Waals surface area (Å²) in [5.41, 5.74) is 0.515. The molecule has 0 N–H and O–H groups in total. The second-order valence-electron chi connectivity index (χ2n) is 5.89. The van der Waals surface area contributed by atoms with Crippen molar-refractivity contribution in [2.45, 2.75) is 67.2 Å². The first-order valence-electron chi connectivity index (χ1n) is 5.87. The first-order chi connectivity index (χ1) is 5.87. The van der Waals surface area contributed by atoms with Crippen LogP contribution in [0.4, 0.5) is 0 Å². The molecule has 0 spiro atoms. The molecule has 0 rings (SSSR count). The summed E-state index contributed by atoms with van der Waals surface area (Å²) < 4.78 is 0. The van der Waals surface area contributed by atoms with Crippen LogP contribution in [0, 0.1) is 17.3 Å². The molecule has 0 aromatic carbocycles. The highest BCUT2D eigenvalue weighted by atomic mass is 14.2. The Morgan fingerprint density at radius 3 is 1.85 bits per heavy atom. The van der Waals surface area contributed by atoms with E-state index in [0.717, 1.165) is 11.8 Å². The zero-order valence-corrected chi connectivity index (χ0v) is 10.5. The van der Waals surface area contributed by atoms with Crippen molar-refractivity contribution in [3.05, 3.63) is 0 Å². The topological polar surface area (TPSA) is 0 Å². The summed E-state index contributed by atoms with van der Waals surface area (Å²) in [6.45, 7) is 14.1. The predicted octanol–water partition coefficient (Wildman–Crippen LogP) is 4.89. The van der Waals surface area contributed by atoms with Crippen LogP contribution in [-0.2, 0) is 0 Å². The van der Waals surface area contributed by atoms with Crippen LogP contribution >= 0.6 is 0 Å². The average molecular weight is 184 g/mol. The van der Waals surface area contributed by atoms with Crippen LogP contribution in [0.25, 0.3) is 0 Å². The summed E-state index contributed by atoms with van der Waals surface area (Å²) in [5.74, 6) is 1.81. The molecule has 0 aromatic rings. The second kappa shape index (κ2) is 5.67. The Morgan fingerprint density at radius 2 is 1.54 bits per heavy atom. The van der Waals surface area contributed by atoms with Gasteiger partial charge in [0.05, 0.1) is 0 Å². The van der Waals surface area contributed by atoms with E-state index >= 15 is 0 Å². The maximum Gasteiger partial charge on any atom is -0.0383 e. The third-order valence-electron chi connectivity index (χ3n) is 2.87. The highest BCUT2D eigenvalue weighted by Crippen LogP contribution is 2.29. The van der Waals surface area contributed by atoms with Crippen molar-refractivity contribution < 1.29 is 0 Å². The van der Waals surface area contributed by atoms with Crippen LogP contribution < -0.4 is 0 Å². The maximum atomic E-state index is 2.36. The molecule has 0 aliphatic rings. The van der Waals surface area contributed by atoms with Gasteiger partial charge in [0.25, 0.3) is 0 Å². The van der Waals surface area contributed by atoms with Gasteiger partial charge in [-0.2, -0.15) is 0 Å². The molecule has 0 saturated carbocycles. The molecule has 0 aliphatic heterocycles. The van der Waals surface area contributed by atoms with E-state index in [0.29, 0.717) is 5.41 Å². The van der Waals surface area contributed by atoms with Gasteiger partial charge in [0.1, 0.15) is 0 Å². The predicted molar refractivity (Wildman–Crippen MR) is 61.9 cm³/mol. The average Bonchev–Trinajstić information content (AvgIpc) is 1.95. The Balaban J connectivity index is 3.82. The van der Waals surface area contributed by atoms with Crippen molar-refractivity contribution >= 4 is 0 Å². The minimum atomic E-state index is 0.515. The zero-order chi connectivity index (χ0) is 10.5. The van der Waals surface area contributed by atoms with Gasteiger partial charge in [-0.3, -0.25) is 0 Å². The minimum absolute atomic E-state index is 0.515. The third kappa shape index (κ3) is 7.10. The highest BCUT2D eigenvalue weighted by Gasteiger charge is 2.16. The van der Waals surface area contributed by atoms with Gasteiger partial charge in [-0.1, -0.05) is 54.4 Å². The molecular formula is C13H28. The Bertz CT molecular complexity index is 116. The van der Waals surface area contributed by atoms with E-state index in [1.165, 1.54) is 25.7 Å². The summed E-state index contributed by atoms with van der Waals surface area (Å²) in [4.78, 5) is 0. The first kappa shape index (κ1) is 13.0. The van der Waals surface area contributed by atoms with E-state index in [9.17, 15) is 0 Å². The van der Waals surface area contributed by atoms with Crippen LogP contribution in [0.2, 0.25) is 0 Å². The Morgan fingerprint density at radius 1 is 1.00 bits per heavy atom. The van der Waals surface area contributed by atoms with Crippen molar-refractivity contribution in [1.82, 2.24) is 0 Å². The van der Waals surface area contributed by atoms with E-state index < -0.39 is 0 Å². The molecule has 80 valence electrons. The molecule has 1 unspecified atom stereocenters. The summed E-state index contributed by atoms with van der Waals surface area (Å²) in [6, 6.07) is 0. The normalized spacial score (nSPS) is 15.0. The van der Waals surface area contributed by atoms with Crippen molar-refractivity contribution in [2.24, 2.45) is 17.3 Å². The van der Waals surface area contributed by atoms with Crippen LogP contribution in [0.1, 0.15) is 67.2 Å². The SMILES string of the molecule is CCCC(CCC(C)(C)C)C(C)C. The largest absolute Gasteiger partial charge is 0.0654 e. The quantitative estimate of drug-likeness (QED) is 0.571. The molecule has 0 radical (unpaired) electrons. The molecule has 0 heterocycles. The van der Waals surface area contributed by atoms with Gasteiger partial charge in [-0.25, -0.2) is 0 Å². The number of rotatable bonds is 5. The lowest BCUT2D eigenvalue weighted by atomic mass is 9.81. The van der Waals surface area contributed by atoms with Crippen LogP contribution in [-0.4, -0.2) is 0 Å². The Kier molecular flexibility index (Phi) is 5.67. The third-order valence-corrected chi connectivity index (χ3v) is 2.87. The van der Waals surface area contributed by atoms with E-state index in [2.05, 4.69) is 41.5 Å². The van der Waals surface area contributed by atoms with E-state index in [1.54, 1.807) is 0 Å². The Hall–Kier alpha value is 0. The first-order valence-corrected chi connectivity index (χ1v) is 5.87. The van der Waals surface area contributed by atoms with Gasteiger partial charge in [0.15, 0.2) is 0 Å². The molecule has 0 aliphatic carbocycles. The van der Waals surface area contributed by atoms with E-state index in [1.807, 2.05) is 0 Å².